The normalized spacial score (nSPS) is 18.6. The Labute approximate surface area is 185 Å². The number of nitro benzene ring substituents is 1. The number of fused-ring (bicyclic) bond motifs is 1. The van der Waals surface area contributed by atoms with Gasteiger partial charge in [-0.3, -0.25) is 10.1 Å². The fourth-order valence-electron chi connectivity index (χ4n) is 4.40. The van der Waals surface area contributed by atoms with Crippen LogP contribution in [0.2, 0.25) is 0 Å². The monoisotopic (exact) mass is 442 g/mol. The van der Waals surface area contributed by atoms with E-state index < -0.39 is 16.8 Å². The summed E-state index contributed by atoms with van der Waals surface area (Å²) in [5, 5.41) is 15.6. The van der Waals surface area contributed by atoms with E-state index in [4.69, 9.17) is 9.11 Å². The lowest BCUT2D eigenvalue weighted by atomic mass is 9.81. The van der Waals surface area contributed by atoms with E-state index in [2.05, 4.69) is 10.2 Å². The first-order valence-electron chi connectivity index (χ1n) is 10.6. The van der Waals surface area contributed by atoms with Crippen LogP contribution in [0.15, 0.2) is 35.5 Å². The summed E-state index contributed by atoms with van der Waals surface area (Å²) in [5.74, 6) is -0.867. The number of nitrogens with one attached hydrogen (secondary N) is 1. The molecule has 1 aromatic carbocycles. The number of rotatable bonds is 7. The molecule has 0 bridgehead atoms. The van der Waals surface area contributed by atoms with Gasteiger partial charge in [0.1, 0.15) is 5.00 Å². The summed E-state index contributed by atoms with van der Waals surface area (Å²) in [6.07, 6.45) is 3.22. The molecule has 0 amide bonds. The largest absolute Gasteiger partial charge is 0.463 e. The van der Waals surface area contributed by atoms with Gasteiger partial charge in [0.05, 0.1) is 22.8 Å². The summed E-state index contributed by atoms with van der Waals surface area (Å²) in [5.41, 5.74) is 3.74. The quantitative estimate of drug-likeness (QED) is 0.392. The number of carbonyl (C=O) groups is 1. The minimum absolute atomic E-state index is 0.000232. The Hall–Kier alpha value is -2.78. The molecule has 31 heavy (non-hydrogen) atoms. The van der Waals surface area contributed by atoms with Gasteiger partial charge >= 0.3 is 5.97 Å². The van der Waals surface area contributed by atoms with E-state index in [-0.39, 0.29) is 12.3 Å². The fourth-order valence-corrected chi connectivity index (χ4v) is 5.32. The molecule has 3 heterocycles. The van der Waals surface area contributed by atoms with Crippen molar-refractivity contribution < 1.29 is 14.5 Å². The first kappa shape index (κ1) is 21.5. The van der Waals surface area contributed by atoms with Gasteiger partial charge in [-0.2, -0.15) is 4.37 Å². The molecule has 0 spiro atoms. The van der Waals surface area contributed by atoms with Gasteiger partial charge in [-0.15, -0.1) is 0 Å². The molecule has 164 valence electrons. The number of ether oxygens (including phenoxy) is 1. The number of hydrogen-bond acceptors (Lipinski definition) is 8. The molecule has 9 heteroatoms. The molecule has 2 aliphatic heterocycles. The summed E-state index contributed by atoms with van der Waals surface area (Å²) < 4.78 is 10.1. The van der Waals surface area contributed by atoms with E-state index in [9.17, 15) is 14.9 Å². The van der Waals surface area contributed by atoms with Crippen molar-refractivity contribution in [3.05, 3.63) is 62.5 Å². The number of nitro groups is 1. The number of hydrogen-bond donors (Lipinski definition) is 1. The summed E-state index contributed by atoms with van der Waals surface area (Å²) >= 11 is 1.37. The number of likely N-dealkylation sites (tertiary alicyclic amines) is 1. The third kappa shape index (κ3) is 4.33. The van der Waals surface area contributed by atoms with Crippen molar-refractivity contribution in [1.29, 1.82) is 0 Å². The number of benzene rings is 1. The lowest BCUT2D eigenvalue weighted by Gasteiger charge is -2.28. The van der Waals surface area contributed by atoms with Gasteiger partial charge in [-0.1, -0.05) is 12.1 Å². The van der Waals surface area contributed by atoms with Gasteiger partial charge in [0.2, 0.25) is 0 Å². The van der Waals surface area contributed by atoms with Crippen LogP contribution in [0.4, 0.5) is 10.7 Å². The van der Waals surface area contributed by atoms with Crippen molar-refractivity contribution in [2.45, 2.75) is 39.0 Å². The van der Waals surface area contributed by atoms with Crippen LogP contribution >= 0.6 is 11.5 Å². The summed E-state index contributed by atoms with van der Waals surface area (Å²) in [6.45, 7) is 6.98. The first-order chi connectivity index (χ1) is 15.0. The predicted molar refractivity (Wildman–Crippen MR) is 119 cm³/mol. The second-order valence-corrected chi connectivity index (χ2v) is 8.61. The van der Waals surface area contributed by atoms with Crippen molar-refractivity contribution in [2.24, 2.45) is 0 Å². The van der Waals surface area contributed by atoms with Crippen LogP contribution in [0.1, 0.15) is 49.4 Å². The second-order valence-electron chi connectivity index (χ2n) is 7.84. The number of aromatic nitrogens is 1. The average Bonchev–Trinajstić information content (AvgIpc) is 3.41. The number of allylic oxidation sites excluding steroid dienone is 1. The molecule has 1 aromatic heterocycles. The van der Waals surface area contributed by atoms with Gasteiger partial charge in [0, 0.05) is 42.3 Å². The van der Waals surface area contributed by atoms with E-state index in [1.54, 1.807) is 19.1 Å². The zero-order chi connectivity index (χ0) is 22.0. The van der Waals surface area contributed by atoms with E-state index in [1.165, 1.54) is 30.4 Å². The summed E-state index contributed by atoms with van der Waals surface area (Å²) in [4.78, 5) is 26.4. The zero-order valence-electron chi connectivity index (χ0n) is 17.7. The number of non-ortho nitro benzene ring substituents is 1. The number of esters is 1. The minimum atomic E-state index is -0.456. The van der Waals surface area contributed by atoms with Gasteiger partial charge in [-0.05, 0) is 56.9 Å². The van der Waals surface area contributed by atoms with E-state index >= 15 is 0 Å². The third-order valence-corrected chi connectivity index (χ3v) is 6.67. The lowest BCUT2D eigenvalue weighted by molar-refractivity contribution is -0.384. The molecule has 0 aliphatic carbocycles. The van der Waals surface area contributed by atoms with Crippen molar-refractivity contribution in [3.63, 3.8) is 0 Å². The third-order valence-electron chi connectivity index (χ3n) is 5.86. The standard InChI is InChI=1S/C22H26N4O4S/c1-3-30-22(27)18-14(2)23-21-20(17(24-31-21)9-12-25-10-4-5-11-25)19(18)15-7-6-8-16(13-15)26(28)29/h6-8,13,19,23H,3-5,9-12H2,1-2H3. The molecule has 4 rings (SSSR count). The van der Waals surface area contributed by atoms with Crippen LogP contribution in [-0.4, -0.2) is 46.4 Å². The Bertz CT molecular complexity index is 1030. The molecule has 0 radical (unpaired) electrons. The highest BCUT2D eigenvalue weighted by molar-refractivity contribution is 7.10. The fraction of sp³-hybridized carbons (Fsp3) is 0.455. The minimum Gasteiger partial charge on any atom is -0.463 e. The Morgan fingerprint density at radius 2 is 2.16 bits per heavy atom. The topological polar surface area (TPSA) is 97.6 Å². The maximum absolute atomic E-state index is 12.9. The van der Waals surface area contributed by atoms with Crippen LogP contribution in [0.3, 0.4) is 0 Å². The molecule has 1 fully saturated rings. The van der Waals surface area contributed by atoms with Crippen molar-refractivity contribution in [3.8, 4) is 0 Å². The molecule has 0 saturated carbocycles. The molecule has 1 saturated heterocycles. The number of anilines is 1. The Balaban J connectivity index is 1.78. The van der Waals surface area contributed by atoms with E-state index in [0.717, 1.165) is 42.3 Å². The smallest absolute Gasteiger partial charge is 0.336 e. The number of carbonyl (C=O) groups excluding carboxylic acids is 1. The summed E-state index contributed by atoms with van der Waals surface area (Å²) in [7, 11) is 0. The predicted octanol–water partition coefficient (Wildman–Crippen LogP) is 4.08. The Kier molecular flexibility index (Phi) is 6.33. The van der Waals surface area contributed by atoms with Crippen LogP contribution < -0.4 is 5.32 Å². The van der Waals surface area contributed by atoms with E-state index in [0.29, 0.717) is 16.8 Å². The number of nitrogens with zero attached hydrogens (tertiary/aromatic N) is 3. The van der Waals surface area contributed by atoms with Crippen molar-refractivity contribution >= 4 is 28.2 Å². The maximum atomic E-state index is 12.9. The molecule has 2 aromatic rings. The van der Waals surface area contributed by atoms with Crippen LogP contribution in [0, 0.1) is 10.1 Å². The van der Waals surface area contributed by atoms with Crippen molar-refractivity contribution in [2.75, 3.05) is 31.6 Å². The zero-order valence-corrected chi connectivity index (χ0v) is 18.5. The highest BCUT2D eigenvalue weighted by atomic mass is 32.1. The SMILES string of the molecule is CCOC(=O)C1=C(C)Nc2snc(CCN3CCCC3)c2C1c1cccc([N+](=O)[O-])c1. The van der Waals surface area contributed by atoms with Crippen molar-refractivity contribution in [1.82, 2.24) is 9.27 Å². The Morgan fingerprint density at radius 3 is 2.87 bits per heavy atom. The van der Waals surface area contributed by atoms with Crippen LogP contribution in [-0.2, 0) is 16.0 Å². The van der Waals surface area contributed by atoms with Gasteiger partial charge < -0.3 is 15.0 Å². The van der Waals surface area contributed by atoms with Gasteiger partial charge in [-0.25, -0.2) is 4.79 Å². The molecular weight excluding hydrogens is 416 g/mol. The second kappa shape index (κ2) is 9.15. The summed E-state index contributed by atoms with van der Waals surface area (Å²) in [6, 6.07) is 6.51. The van der Waals surface area contributed by atoms with Crippen LogP contribution in [0.5, 0.6) is 0 Å². The average molecular weight is 443 g/mol. The molecule has 8 nitrogen and oxygen atoms in total. The highest BCUT2D eigenvalue weighted by Gasteiger charge is 2.37. The molecule has 1 atom stereocenters. The first-order valence-corrected chi connectivity index (χ1v) is 11.4. The lowest BCUT2D eigenvalue weighted by Crippen LogP contribution is -2.26. The molecule has 1 unspecified atom stereocenters. The van der Waals surface area contributed by atoms with Crippen LogP contribution in [0.25, 0.3) is 0 Å². The molecular formula is C22H26N4O4S. The molecule has 1 N–H and O–H groups in total. The van der Waals surface area contributed by atoms with Gasteiger partial charge in [0.15, 0.2) is 0 Å². The highest BCUT2D eigenvalue weighted by Crippen LogP contribution is 2.46. The maximum Gasteiger partial charge on any atom is 0.336 e. The molecule has 2 aliphatic rings. The van der Waals surface area contributed by atoms with E-state index in [1.807, 2.05) is 13.0 Å². The van der Waals surface area contributed by atoms with Gasteiger partial charge in [0.25, 0.3) is 5.69 Å². The Morgan fingerprint density at radius 1 is 1.39 bits per heavy atom.